The summed E-state index contributed by atoms with van der Waals surface area (Å²) < 4.78 is 43.0. The molecule has 1 aromatic carbocycles. The van der Waals surface area contributed by atoms with E-state index < -0.39 is 34.9 Å². The lowest BCUT2D eigenvalue weighted by Crippen LogP contribution is -2.42. The predicted octanol–water partition coefficient (Wildman–Crippen LogP) is 2.50. The summed E-state index contributed by atoms with van der Waals surface area (Å²) >= 11 is 0. The Hall–Kier alpha value is -3.38. The van der Waals surface area contributed by atoms with E-state index >= 15 is 0 Å². The Labute approximate surface area is 186 Å². The topological polar surface area (TPSA) is 122 Å². The number of amides is 3. The highest BCUT2D eigenvalue weighted by molar-refractivity contribution is 5.95. The summed E-state index contributed by atoms with van der Waals surface area (Å²) in [5.41, 5.74) is 0.580. The number of likely N-dealkylation sites (tertiary alicyclic amines) is 1. The highest BCUT2D eigenvalue weighted by Gasteiger charge is 2.42. The van der Waals surface area contributed by atoms with E-state index in [4.69, 9.17) is 0 Å². The minimum absolute atomic E-state index is 0.0260. The number of nitrogens with zero attached hydrogens (tertiary/aromatic N) is 3. The van der Waals surface area contributed by atoms with E-state index in [0.717, 1.165) is 0 Å². The second-order valence-electron chi connectivity index (χ2n) is 7.91. The number of nitro benzene ring substituents is 1. The molecule has 13 heteroatoms. The van der Waals surface area contributed by atoms with Crippen molar-refractivity contribution in [1.82, 2.24) is 9.80 Å². The fraction of sp³-hybridized carbons (Fsp3) is 0.550. The van der Waals surface area contributed by atoms with Crippen LogP contribution < -0.4 is 5.32 Å². The molecule has 0 spiro atoms. The molecule has 0 radical (unpaired) electrons. The van der Waals surface area contributed by atoms with Crippen molar-refractivity contribution in [2.24, 2.45) is 5.92 Å². The quantitative estimate of drug-likeness (QED) is 0.533. The molecule has 0 unspecified atom stereocenters. The first kappa shape index (κ1) is 24.3. The van der Waals surface area contributed by atoms with Gasteiger partial charge >= 0.3 is 18.2 Å². The zero-order valence-corrected chi connectivity index (χ0v) is 17.8. The third kappa shape index (κ3) is 5.52. The van der Waals surface area contributed by atoms with E-state index in [1.165, 1.54) is 24.1 Å². The number of hydrogen-bond donors (Lipinski definition) is 1. The first-order valence-corrected chi connectivity index (χ1v) is 10.3. The molecule has 1 saturated heterocycles. The molecule has 0 atom stereocenters. The Morgan fingerprint density at radius 3 is 2.15 bits per heavy atom. The zero-order valence-electron chi connectivity index (χ0n) is 17.8. The number of carbonyl (C=O) groups is 3. The average molecular weight is 472 g/mol. The van der Waals surface area contributed by atoms with Gasteiger partial charge in [0.25, 0.3) is 5.69 Å². The minimum Gasteiger partial charge on any atom is -0.453 e. The first-order valence-electron chi connectivity index (χ1n) is 10.3. The number of anilines is 1. The lowest BCUT2D eigenvalue weighted by Gasteiger charge is -2.30. The van der Waals surface area contributed by atoms with Gasteiger partial charge in [-0.25, -0.2) is 4.79 Å². The van der Waals surface area contributed by atoms with Crippen molar-refractivity contribution in [3.05, 3.63) is 33.4 Å². The van der Waals surface area contributed by atoms with Crippen molar-refractivity contribution in [2.75, 3.05) is 38.6 Å². The number of nitrogens with one attached hydrogen (secondary N) is 1. The number of piperidine rings is 1. The van der Waals surface area contributed by atoms with Crippen molar-refractivity contribution in [1.29, 1.82) is 0 Å². The Balaban J connectivity index is 1.75. The molecule has 2 heterocycles. The summed E-state index contributed by atoms with van der Waals surface area (Å²) in [5.74, 6) is -2.86. The van der Waals surface area contributed by atoms with Crippen molar-refractivity contribution in [2.45, 2.75) is 31.9 Å². The molecule has 1 aromatic rings. The molecule has 2 aliphatic rings. The molecule has 3 rings (SSSR count). The van der Waals surface area contributed by atoms with Gasteiger partial charge in [0, 0.05) is 38.2 Å². The van der Waals surface area contributed by atoms with Crippen LogP contribution in [0.15, 0.2) is 12.1 Å². The van der Waals surface area contributed by atoms with Crippen LogP contribution in [0.2, 0.25) is 0 Å². The highest BCUT2D eigenvalue weighted by Crippen LogP contribution is 2.32. The van der Waals surface area contributed by atoms with Crippen LogP contribution in [-0.4, -0.2) is 72.1 Å². The van der Waals surface area contributed by atoms with Crippen molar-refractivity contribution in [3.63, 3.8) is 0 Å². The third-order valence-electron chi connectivity index (χ3n) is 5.90. The Bertz CT molecular complexity index is 960. The van der Waals surface area contributed by atoms with Gasteiger partial charge in [0.1, 0.15) is 5.69 Å². The summed E-state index contributed by atoms with van der Waals surface area (Å²) in [6.45, 7) is 0.204. The van der Waals surface area contributed by atoms with Crippen molar-refractivity contribution < 1.29 is 37.2 Å². The maximum atomic E-state index is 12.8. The van der Waals surface area contributed by atoms with E-state index in [9.17, 15) is 37.7 Å². The Morgan fingerprint density at radius 2 is 1.64 bits per heavy atom. The number of fused-ring (bicyclic) bond motifs is 1. The van der Waals surface area contributed by atoms with Gasteiger partial charge in [-0.3, -0.25) is 19.7 Å². The standard InChI is InChI=1S/C20H23F3N4O6/c1-33-19(30)26-8-2-12(3-9-26)17(28)24-15-10-13-4-6-25(18(29)20(21,22)23)7-5-14(13)11-16(15)27(31)32/h10-12H,2-9H2,1H3,(H,24,28). The molecular weight excluding hydrogens is 449 g/mol. The van der Waals surface area contributed by atoms with E-state index in [0.29, 0.717) is 42.0 Å². The predicted molar refractivity (Wildman–Crippen MR) is 108 cm³/mol. The van der Waals surface area contributed by atoms with Gasteiger partial charge in [0.15, 0.2) is 0 Å². The molecule has 2 aliphatic heterocycles. The fourth-order valence-corrected chi connectivity index (χ4v) is 4.09. The molecule has 0 saturated carbocycles. The number of nitro groups is 1. The van der Waals surface area contributed by atoms with Crippen molar-refractivity contribution in [3.8, 4) is 0 Å². The second-order valence-corrected chi connectivity index (χ2v) is 7.91. The van der Waals surface area contributed by atoms with E-state index in [2.05, 4.69) is 10.1 Å². The lowest BCUT2D eigenvalue weighted by atomic mass is 9.95. The van der Waals surface area contributed by atoms with Gasteiger partial charge in [-0.15, -0.1) is 0 Å². The number of benzene rings is 1. The van der Waals surface area contributed by atoms with Crippen LogP contribution in [0.5, 0.6) is 0 Å². The van der Waals surface area contributed by atoms with Gasteiger partial charge in [0.2, 0.25) is 5.91 Å². The number of halogens is 3. The van der Waals surface area contributed by atoms with Gasteiger partial charge < -0.3 is 19.9 Å². The highest BCUT2D eigenvalue weighted by atomic mass is 19.4. The molecule has 3 amide bonds. The molecule has 0 bridgehead atoms. The normalized spacial score (nSPS) is 17.1. The van der Waals surface area contributed by atoms with Crippen LogP contribution in [0.1, 0.15) is 24.0 Å². The van der Waals surface area contributed by atoms with E-state index in [-0.39, 0.29) is 37.3 Å². The smallest absolute Gasteiger partial charge is 0.453 e. The number of carbonyl (C=O) groups excluding carboxylic acids is 3. The van der Waals surface area contributed by atoms with Gasteiger partial charge in [-0.1, -0.05) is 0 Å². The third-order valence-corrected chi connectivity index (χ3v) is 5.90. The monoisotopic (exact) mass is 472 g/mol. The summed E-state index contributed by atoms with van der Waals surface area (Å²) in [4.78, 5) is 48.9. The molecule has 1 fully saturated rings. The van der Waals surface area contributed by atoms with Gasteiger partial charge in [-0.2, -0.15) is 13.2 Å². The second kappa shape index (κ2) is 9.63. The van der Waals surface area contributed by atoms with E-state index in [1.54, 1.807) is 0 Å². The molecule has 1 N–H and O–H groups in total. The lowest BCUT2D eigenvalue weighted by molar-refractivity contribution is -0.384. The van der Waals surface area contributed by atoms with E-state index in [1.807, 2.05) is 0 Å². The Kier molecular flexibility index (Phi) is 7.08. The minimum atomic E-state index is -4.99. The molecule has 0 aliphatic carbocycles. The maximum Gasteiger partial charge on any atom is 0.471 e. The summed E-state index contributed by atoms with van der Waals surface area (Å²) in [6, 6.07) is 2.64. The maximum absolute atomic E-state index is 12.8. The van der Waals surface area contributed by atoms with Crippen LogP contribution in [0.3, 0.4) is 0 Å². The summed E-state index contributed by atoms with van der Waals surface area (Å²) in [6.07, 6.45) is -4.69. The molecule has 10 nitrogen and oxygen atoms in total. The average Bonchev–Trinajstić information content (AvgIpc) is 2.98. The van der Waals surface area contributed by atoms with Gasteiger partial charge in [-0.05, 0) is 42.9 Å². The molecule has 180 valence electrons. The largest absolute Gasteiger partial charge is 0.471 e. The van der Waals surface area contributed by atoms with Gasteiger partial charge in [0.05, 0.1) is 12.0 Å². The number of rotatable bonds is 3. The summed E-state index contributed by atoms with van der Waals surface area (Å²) in [7, 11) is 1.26. The van der Waals surface area contributed by atoms with Crippen LogP contribution in [0, 0.1) is 16.0 Å². The molecule has 0 aromatic heterocycles. The fourth-order valence-electron chi connectivity index (χ4n) is 4.09. The zero-order chi connectivity index (χ0) is 24.3. The van der Waals surface area contributed by atoms with Crippen LogP contribution in [0.25, 0.3) is 0 Å². The molecule has 33 heavy (non-hydrogen) atoms. The van der Waals surface area contributed by atoms with Crippen LogP contribution in [-0.2, 0) is 27.2 Å². The summed E-state index contributed by atoms with van der Waals surface area (Å²) in [5, 5.41) is 14.2. The van der Waals surface area contributed by atoms with Crippen molar-refractivity contribution >= 4 is 29.3 Å². The number of hydrogen-bond acceptors (Lipinski definition) is 6. The molecular formula is C20H23F3N4O6. The van der Waals surface area contributed by atoms with Crippen LogP contribution >= 0.6 is 0 Å². The first-order chi connectivity index (χ1) is 15.5. The van der Waals surface area contributed by atoms with Crippen LogP contribution in [0.4, 0.5) is 29.3 Å². The number of alkyl halides is 3. The SMILES string of the molecule is COC(=O)N1CCC(C(=O)Nc2cc3c(cc2[N+](=O)[O-])CCN(C(=O)C(F)(F)F)CC3)CC1. The Morgan fingerprint density at radius 1 is 1.06 bits per heavy atom. The number of methoxy groups -OCH3 is 1. The number of ether oxygens (including phenoxy) is 1.